The van der Waals surface area contributed by atoms with Crippen LogP contribution in [0.1, 0.15) is 23.4 Å². The van der Waals surface area contributed by atoms with Crippen LogP contribution in [-0.2, 0) is 16.0 Å². The fourth-order valence-corrected chi connectivity index (χ4v) is 1.71. The Balaban J connectivity index is 3.22. The van der Waals surface area contributed by atoms with E-state index in [9.17, 15) is 13.6 Å². The molecule has 0 aliphatic carbocycles. The van der Waals surface area contributed by atoms with Gasteiger partial charge in [0.1, 0.15) is 17.5 Å². The summed E-state index contributed by atoms with van der Waals surface area (Å²) in [4.78, 5) is 14.6. The Morgan fingerprint density at radius 3 is 2.82 bits per heavy atom. The Morgan fingerprint density at radius 1 is 1.71 bits per heavy atom. The molecule has 0 aliphatic heterocycles. The second-order valence-electron chi connectivity index (χ2n) is 3.02. The molecule has 0 unspecified atom stereocenters. The number of hydrogen-bond donors (Lipinski definition) is 0. The average Bonchev–Trinajstić information content (AvgIpc) is 2.30. The minimum atomic E-state index is -2.77. The Kier molecular flexibility index (Phi) is 4.52. The molecule has 90 valence electrons. The summed E-state index contributed by atoms with van der Waals surface area (Å²) in [6.45, 7) is 0. The highest BCUT2D eigenvalue weighted by Gasteiger charge is 2.18. The summed E-state index contributed by atoms with van der Waals surface area (Å²) in [5.74, 6) is -0.575. The highest BCUT2D eigenvalue weighted by molar-refractivity contribution is 9.10. The molecule has 1 rings (SSSR count). The van der Waals surface area contributed by atoms with Gasteiger partial charge in [0.05, 0.1) is 13.5 Å². The number of methoxy groups -OCH3 is 1. The number of alkyl halides is 2. The van der Waals surface area contributed by atoms with Crippen LogP contribution in [0.25, 0.3) is 0 Å². The molecule has 1 aromatic heterocycles. The number of halogens is 3. The van der Waals surface area contributed by atoms with Crippen molar-refractivity contribution < 1.29 is 18.3 Å². The van der Waals surface area contributed by atoms with Crippen molar-refractivity contribution in [3.05, 3.63) is 27.5 Å². The van der Waals surface area contributed by atoms with Gasteiger partial charge in [-0.15, -0.1) is 0 Å². The maximum absolute atomic E-state index is 12.4. The lowest BCUT2D eigenvalue weighted by Gasteiger charge is -2.07. The molecule has 0 spiro atoms. The van der Waals surface area contributed by atoms with Gasteiger partial charge in [-0.3, -0.25) is 4.79 Å². The fourth-order valence-electron chi connectivity index (χ4n) is 1.15. The number of esters is 1. The van der Waals surface area contributed by atoms with Crippen LogP contribution in [0.4, 0.5) is 8.78 Å². The summed E-state index contributed by atoms with van der Waals surface area (Å²) >= 11 is 3.03. The van der Waals surface area contributed by atoms with Gasteiger partial charge in [0.25, 0.3) is 6.43 Å². The third kappa shape index (κ3) is 3.20. The van der Waals surface area contributed by atoms with Crippen LogP contribution in [0, 0.1) is 11.3 Å². The molecule has 0 aliphatic rings. The number of pyridine rings is 1. The third-order valence-corrected chi connectivity index (χ3v) is 2.68. The molecule has 1 heterocycles. The summed E-state index contributed by atoms with van der Waals surface area (Å²) in [5.41, 5.74) is -0.481. The van der Waals surface area contributed by atoms with Gasteiger partial charge in [-0.1, -0.05) is 15.9 Å². The first-order valence-electron chi connectivity index (χ1n) is 4.44. The Labute approximate surface area is 104 Å². The predicted molar refractivity (Wildman–Crippen MR) is 57.3 cm³/mol. The zero-order valence-electron chi connectivity index (χ0n) is 8.71. The Hall–Kier alpha value is -1.55. The van der Waals surface area contributed by atoms with Crippen LogP contribution >= 0.6 is 15.9 Å². The minimum absolute atomic E-state index is 0.198. The second kappa shape index (κ2) is 5.68. The van der Waals surface area contributed by atoms with Crippen LogP contribution in [0.3, 0.4) is 0 Å². The first kappa shape index (κ1) is 13.5. The summed E-state index contributed by atoms with van der Waals surface area (Å²) < 4.78 is 29.6. The van der Waals surface area contributed by atoms with Gasteiger partial charge in [0, 0.05) is 10.0 Å². The van der Waals surface area contributed by atoms with E-state index in [0.717, 1.165) is 6.07 Å². The molecule has 0 aromatic carbocycles. The monoisotopic (exact) mass is 304 g/mol. The molecule has 0 N–H and O–H groups in total. The fraction of sp³-hybridized carbons (Fsp3) is 0.300. The van der Waals surface area contributed by atoms with Crippen molar-refractivity contribution in [1.82, 2.24) is 4.98 Å². The first-order valence-corrected chi connectivity index (χ1v) is 5.23. The van der Waals surface area contributed by atoms with Crippen LogP contribution in [-0.4, -0.2) is 18.1 Å². The predicted octanol–water partition coefficient (Wildman–Crippen LogP) is 2.37. The molecular weight excluding hydrogens is 298 g/mol. The van der Waals surface area contributed by atoms with Gasteiger partial charge in [-0.2, -0.15) is 5.26 Å². The van der Waals surface area contributed by atoms with Crippen molar-refractivity contribution in [1.29, 1.82) is 5.26 Å². The lowest BCUT2D eigenvalue weighted by molar-refractivity contribution is -0.139. The number of nitrogens with zero attached hydrogens (tertiary/aromatic N) is 2. The van der Waals surface area contributed by atoms with Crippen LogP contribution in [0.5, 0.6) is 0 Å². The maximum Gasteiger partial charge on any atom is 0.310 e. The van der Waals surface area contributed by atoms with Gasteiger partial charge in [0.15, 0.2) is 0 Å². The molecule has 17 heavy (non-hydrogen) atoms. The number of carbonyl (C=O) groups is 1. The topological polar surface area (TPSA) is 63.0 Å². The normalized spacial score (nSPS) is 10.1. The standard InChI is InChI=1S/C10H7BrF2N2O2/c1-17-9(16)2-5-6(11)3-7(10(12)13)15-8(5)4-14/h3,10H,2H2,1H3. The zero-order chi connectivity index (χ0) is 13.0. The van der Waals surface area contributed by atoms with Crippen molar-refractivity contribution in [2.24, 2.45) is 0 Å². The molecular formula is C10H7BrF2N2O2. The minimum Gasteiger partial charge on any atom is -0.469 e. The Morgan fingerprint density at radius 2 is 2.35 bits per heavy atom. The van der Waals surface area contributed by atoms with E-state index in [-0.39, 0.29) is 22.2 Å². The number of ether oxygens (including phenoxy) is 1. The van der Waals surface area contributed by atoms with Gasteiger partial charge in [0.2, 0.25) is 0 Å². The third-order valence-electron chi connectivity index (χ3n) is 1.97. The average molecular weight is 305 g/mol. The molecule has 1 aromatic rings. The zero-order valence-corrected chi connectivity index (χ0v) is 10.3. The van der Waals surface area contributed by atoms with Gasteiger partial charge in [-0.25, -0.2) is 13.8 Å². The van der Waals surface area contributed by atoms with Gasteiger partial charge < -0.3 is 4.74 Å². The van der Waals surface area contributed by atoms with E-state index >= 15 is 0 Å². The quantitative estimate of drug-likeness (QED) is 0.804. The molecule has 4 nitrogen and oxygen atoms in total. The SMILES string of the molecule is COC(=O)Cc1c(Br)cc(C(F)F)nc1C#N. The summed E-state index contributed by atoms with van der Waals surface area (Å²) in [7, 11) is 1.20. The first-order chi connectivity index (χ1) is 7.99. The van der Waals surface area contributed by atoms with E-state index in [1.165, 1.54) is 7.11 Å². The van der Waals surface area contributed by atoms with E-state index in [1.54, 1.807) is 6.07 Å². The van der Waals surface area contributed by atoms with E-state index < -0.39 is 18.1 Å². The number of aromatic nitrogens is 1. The number of rotatable bonds is 3. The molecule has 0 bridgehead atoms. The van der Waals surface area contributed by atoms with Crippen LogP contribution < -0.4 is 0 Å². The Bertz CT molecular complexity index is 486. The molecule has 0 saturated heterocycles. The number of carbonyl (C=O) groups excluding carboxylic acids is 1. The molecule has 7 heteroatoms. The van der Waals surface area contributed by atoms with Gasteiger partial charge in [-0.05, 0) is 6.07 Å². The largest absolute Gasteiger partial charge is 0.469 e. The van der Waals surface area contributed by atoms with E-state index in [1.807, 2.05) is 0 Å². The molecule has 0 fully saturated rings. The van der Waals surface area contributed by atoms with Crippen LogP contribution in [0.2, 0.25) is 0 Å². The summed E-state index contributed by atoms with van der Waals surface area (Å²) in [6.07, 6.45) is -2.97. The highest BCUT2D eigenvalue weighted by Crippen LogP contribution is 2.26. The van der Waals surface area contributed by atoms with E-state index in [2.05, 4.69) is 25.7 Å². The van der Waals surface area contributed by atoms with E-state index in [0.29, 0.717) is 0 Å². The molecule has 0 atom stereocenters. The summed E-state index contributed by atoms with van der Waals surface area (Å²) in [5, 5.41) is 8.80. The lowest BCUT2D eigenvalue weighted by atomic mass is 10.1. The van der Waals surface area contributed by atoms with Crippen molar-refractivity contribution in [2.45, 2.75) is 12.8 Å². The van der Waals surface area contributed by atoms with Crippen molar-refractivity contribution >= 4 is 21.9 Å². The van der Waals surface area contributed by atoms with Crippen molar-refractivity contribution in [3.63, 3.8) is 0 Å². The molecule has 0 radical (unpaired) electrons. The van der Waals surface area contributed by atoms with Crippen molar-refractivity contribution in [3.8, 4) is 6.07 Å². The van der Waals surface area contributed by atoms with Crippen molar-refractivity contribution in [2.75, 3.05) is 7.11 Å². The molecule has 0 amide bonds. The number of nitriles is 1. The van der Waals surface area contributed by atoms with Crippen LogP contribution in [0.15, 0.2) is 10.5 Å². The number of hydrogen-bond acceptors (Lipinski definition) is 4. The smallest absolute Gasteiger partial charge is 0.310 e. The molecule has 0 saturated carbocycles. The van der Waals surface area contributed by atoms with E-state index in [4.69, 9.17) is 5.26 Å². The van der Waals surface area contributed by atoms with Gasteiger partial charge >= 0.3 is 5.97 Å². The summed E-state index contributed by atoms with van der Waals surface area (Å²) in [6, 6.07) is 2.77. The highest BCUT2D eigenvalue weighted by atomic mass is 79.9. The maximum atomic E-state index is 12.4. The lowest BCUT2D eigenvalue weighted by Crippen LogP contribution is -2.09. The second-order valence-corrected chi connectivity index (χ2v) is 3.88.